The van der Waals surface area contributed by atoms with E-state index in [9.17, 15) is 0 Å². The van der Waals surface area contributed by atoms with Crippen LogP contribution in [0, 0.1) is 0 Å². The number of hydrogen-bond donors (Lipinski definition) is 2. The van der Waals surface area contributed by atoms with Crippen molar-refractivity contribution in [2.45, 2.75) is 32.9 Å². The molecule has 0 saturated heterocycles. The Hall–Kier alpha value is -0.820. The van der Waals surface area contributed by atoms with E-state index >= 15 is 0 Å². The Morgan fingerprint density at radius 2 is 1.81 bits per heavy atom. The summed E-state index contributed by atoms with van der Waals surface area (Å²) in [5, 5.41) is 6.63. The van der Waals surface area contributed by atoms with E-state index in [2.05, 4.69) is 74.7 Å². The molecule has 0 aliphatic heterocycles. The highest BCUT2D eigenvalue weighted by Crippen LogP contribution is 2.17. The Kier molecular flexibility index (Phi) is 10.4. The summed E-state index contributed by atoms with van der Waals surface area (Å²) in [6.45, 7) is 7.93. The van der Waals surface area contributed by atoms with Crippen molar-refractivity contribution in [1.82, 2.24) is 15.5 Å². The number of rotatable bonds is 6. The van der Waals surface area contributed by atoms with E-state index in [0.717, 1.165) is 19.0 Å². The molecular formula is C16H29IN4. The predicted octanol–water partition coefficient (Wildman–Crippen LogP) is 2.87. The fourth-order valence-corrected chi connectivity index (χ4v) is 2.01. The van der Waals surface area contributed by atoms with Crippen molar-refractivity contribution in [2.24, 2.45) is 4.99 Å². The van der Waals surface area contributed by atoms with E-state index in [1.807, 2.05) is 6.07 Å². The molecule has 120 valence electrons. The van der Waals surface area contributed by atoms with Gasteiger partial charge in [-0.3, -0.25) is 4.99 Å². The molecule has 0 spiro atoms. The van der Waals surface area contributed by atoms with Crippen molar-refractivity contribution >= 4 is 29.9 Å². The summed E-state index contributed by atoms with van der Waals surface area (Å²) in [6, 6.07) is 11.2. The second-order valence-electron chi connectivity index (χ2n) is 5.41. The summed E-state index contributed by atoms with van der Waals surface area (Å²) in [4.78, 5) is 6.91. The van der Waals surface area contributed by atoms with Gasteiger partial charge in [0.05, 0.1) is 12.6 Å². The summed E-state index contributed by atoms with van der Waals surface area (Å²) in [5.74, 6) is 0.880. The second kappa shape index (κ2) is 10.8. The predicted molar refractivity (Wildman–Crippen MR) is 103 cm³/mol. The first kappa shape index (κ1) is 20.2. The lowest BCUT2D eigenvalue weighted by Gasteiger charge is -2.24. The zero-order valence-corrected chi connectivity index (χ0v) is 16.1. The van der Waals surface area contributed by atoms with Gasteiger partial charge in [-0.25, -0.2) is 0 Å². The number of likely N-dealkylation sites (N-methyl/N-ethyl adjacent to an activating group) is 1. The fourth-order valence-electron chi connectivity index (χ4n) is 2.01. The number of nitrogens with zero attached hydrogens (tertiary/aromatic N) is 2. The molecule has 1 aromatic carbocycles. The summed E-state index contributed by atoms with van der Waals surface area (Å²) in [5.41, 5.74) is 1.29. The number of benzene rings is 1. The van der Waals surface area contributed by atoms with Crippen molar-refractivity contribution in [3.05, 3.63) is 35.9 Å². The van der Waals surface area contributed by atoms with Gasteiger partial charge in [-0.1, -0.05) is 30.3 Å². The average molecular weight is 404 g/mol. The van der Waals surface area contributed by atoms with E-state index in [4.69, 9.17) is 4.99 Å². The van der Waals surface area contributed by atoms with E-state index in [1.165, 1.54) is 5.56 Å². The summed E-state index contributed by atoms with van der Waals surface area (Å²) in [7, 11) is 4.19. The summed E-state index contributed by atoms with van der Waals surface area (Å²) < 4.78 is 0. The van der Waals surface area contributed by atoms with E-state index in [1.54, 1.807) is 0 Å². The Bertz CT molecular complexity index is 404. The van der Waals surface area contributed by atoms with Crippen LogP contribution < -0.4 is 10.6 Å². The van der Waals surface area contributed by atoms with Gasteiger partial charge in [0.1, 0.15) is 0 Å². The van der Waals surface area contributed by atoms with Crippen LogP contribution in [0.5, 0.6) is 0 Å². The monoisotopic (exact) mass is 404 g/mol. The Balaban J connectivity index is 0.00000400. The molecule has 2 N–H and O–H groups in total. The van der Waals surface area contributed by atoms with Crippen molar-refractivity contribution in [3.63, 3.8) is 0 Å². The standard InChI is InChI=1S/C16H28N4.HI/c1-6-17-16(19-13(2)3)18-12-15(20(4)5)14-10-8-7-9-11-14;/h7-11,13,15H,6,12H2,1-5H3,(H2,17,18,19);1H. The third-order valence-electron chi connectivity index (χ3n) is 3.00. The first-order valence-electron chi connectivity index (χ1n) is 7.30. The molecule has 0 radical (unpaired) electrons. The molecule has 21 heavy (non-hydrogen) atoms. The van der Waals surface area contributed by atoms with Crippen LogP contribution in [0.1, 0.15) is 32.4 Å². The molecule has 0 aliphatic carbocycles. The maximum Gasteiger partial charge on any atom is 0.191 e. The van der Waals surface area contributed by atoms with Gasteiger partial charge in [-0.2, -0.15) is 0 Å². The number of aliphatic imine (C=N–C) groups is 1. The van der Waals surface area contributed by atoms with E-state index < -0.39 is 0 Å². The highest BCUT2D eigenvalue weighted by molar-refractivity contribution is 14.0. The summed E-state index contributed by atoms with van der Waals surface area (Å²) >= 11 is 0. The van der Waals surface area contributed by atoms with Gasteiger partial charge in [0.2, 0.25) is 0 Å². The third kappa shape index (κ3) is 7.66. The number of guanidine groups is 1. The third-order valence-corrected chi connectivity index (χ3v) is 3.00. The van der Waals surface area contributed by atoms with Crippen molar-refractivity contribution < 1.29 is 0 Å². The zero-order chi connectivity index (χ0) is 15.0. The van der Waals surface area contributed by atoms with Crippen molar-refractivity contribution in [2.75, 3.05) is 27.2 Å². The van der Waals surface area contributed by atoms with Gasteiger partial charge < -0.3 is 15.5 Å². The number of hydrogen-bond acceptors (Lipinski definition) is 2. The molecule has 0 amide bonds. The maximum atomic E-state index is 4.70. The Morgan fingerprint density at radius 3 is 2.29 bits per heavy atom. The normalized spacial score (nSPS) is 13.0. The second-order valence-corrected chi connectivity index (χ2v) is 5.41. The van der Waals surface area contributed by atoms with Crippen LogP contribution in [-0.4, -0.2) is 44.1 Å². The van der Waals surface area contributed by atoms with Crippen LogP contribution in [0.2, 0.25) is 0 Å². The van der Waals surface area contributed by atoms with Gasteiger partial charge in [-0.15, -0.1) is 24.0 Å². The largest absolute Gasteiger partial charge is 0.357 e. The minimum atomic E-state index is 0. The molecule has 1 aromatic rings. The zero-order valence-electron chi connectivity index (χ0n) is 13.8. The molecule has 1 atom stereocenters. The molecule has 5 heteroatoms. The molecule has 1 unspecified atom stereocenters. The first-order valence-corrected chi connectivity index (χ1v) is 7.30. The summed E-state index contributed by atoms with van der Waals surface area (Å²) in [6.07, 6.45) is 0. The van der Waals surface area contributed by atoms with Gasteiger partial charge in [0.25, 0.3) is 0 Å². The fraction of sp³-hybridized carbons (Fsp3) is 0.562. The van der Waals surface area contributed by atoms with Crippen LogP contribution >= 0.6 is 24.0 Å². The molecule has 0 aromatic heterocycles. The van der Waals surface area contributed by atoms with E-state index in [-0.39, 0.29) is 24.0 Å². The van der Waals surface area contributed by atoms with Gasteiger partial charge in [-0.05, 0) is 40.4 Å². The highest BCUT2D eigenvalue weighted by atomic mass is 127. The smallest absolute Gasteiger partial charge is 0.191 e. The molecule has 0 aliphatic rings. The van der Waals surface area contributed by atoms with Crippen LogP contribution in [0.4, 0.5) is 0 Å². The molecule has 0 bridgehead atoms. The van der Waals surface area contributed by atoms with Crippen molar-refractivity contribution in [1.29, 1.82) is 0 Å². The van der Waals surface area contributed by atoms with Crippen LogP contribution in [0.25, 0.3) is 0 Å². The molecule has 0 fully saturated rings. The average Bonchev–Trinajstić information content (AvgIpc) is 2.39. The van der Waals surface area contributed by atoms with Crippen LogP contribution in [-0.2, 0) is 0 Å². The van der Waals surface area contributed by atoms with Crippen molar-refractivity contribution in [3.8, 4) is 0 Å². The van der Waals surface area contributed by atoms with Gasteiger partial charge in [0.15, 0.2) is 5.96 Å². The first-order chi connectivity index (χ1) is 9.54. The van der Waals surface area contributed by atoms with Gasteiger partial charge in [0, 0.05) is 12.6 Å². The van der Waals surface area contributed by atoms with E-state index in [0.29, 0.717) is 12.1 Å². The topological polar surface area (TPSA) is 39.7 Å². The maximum absolute atomic E-state index is 4.70. The van der Waals surface area contributed by atoms with Crippen LogP contribution in [0.3, 0.4) is 0 Å². The minimum Gasteiger partial charge on any atom is -0.357 e. The number of nitrogens with one attached hydrogen (secondary N) is 2. The minimum absolute atomic E-state index is 0. The molecule has 0 heterocycles. The molecular weight excluding hydrogens is 375 g/mol. The Labute approximate surface area is 146 Å². The SMILES string of the molecule is CCNC(=NCC(c1ccccc1)N(C)C)NC(C)C.I. The number of halogens is 1. The highest BCUT2D eigenvalue weighted by Gasteiger charge is 2.13. The molecule has 0 saturated carbocycles. The lowest BCUT2D eigenvalue weighted by atomic mass is 10.1. The Morgan fingerprint density at radius 1 is 1.19 bits per heavy atom. The van der Waals surface area contributed by atoms with Gasteiger partial charge >= 0.3 is 0 Å². The molecule has 1 rings (SSSR count). The quantitative estimate of drug-likeness (QED) is 0.435. The molecule has 4 nitrogen and oxygen atoms in total. The lowest BCUT2D eigenvalue weighted by Crippen LogP contribution is -2.41. The van der Waals surface area contributed by atoms with Crippen LogP contribution in [0.15, 0.2) is 35.3 Å². The lowest BCUT2D eigenvalue weighted by molar-refractivity contribution is 0.306.